The van der Waals surface area contributed by atoms with E-state index in [0.717, 1.165) is 27.1 Å². The number of aromatic carboxylic acids is 1. The summed E-state index contributed by atoms with van der Waals surface area (Å²) >= 11 is 6.25. The highest BCUT2D eigenvalue weighted by molar-refractivity contribution is 6.35. The van der Waals surface area contributed by atoms with Gasteiger partial charge in [-0.3, -0.25) is 0 Å². The summed E-state index contributed by atoms with van der Waals surface area (Å²) in [6.07, 6.45) is 1.91. The fraction of sp³-hybridized carbons (Fsp3) is 0.118. The lowest BCUT2D eigenvalue weighted by atomic mass is 10.1. The summed E-state index contributed by atoms with van der Waals surface area (Å²) in [6, 6.07) is 13.2. The molecule has 0 radical (unpaired) electrons. The second kappa shape index (κ2) is 5.26. The number of carboxylic acid groups (broad SMARTS) is 1. The fourth-order valence-electron chi connectivity index (χ4n) is 2.52. The molecule has 3 rings (SSSR count). The quantitative estimate of drug-likeness (QED) is 0.781. The number of hydrogen-bond donors (Lipinski definition) is 1. The van der Waals surface area contributed by atoms with Crippen molar-refractivity contribution in [3.63, 3.8) is 0 Å². The van der Waals surface area contributed by atoms with Gasteiger partial charge in [0.1, 0.15) is 0 Å². The number of benzene rings is 2. The molecule has 1 aromatic heterocycles. The summed E-state index contributed by atoms with van der Waals surface area (Å²) in [7, 11) is 0. The van der Waals surface area contributed by atoms with Gasteiger partial charge < -0.3 is 9.67 Å². The van der Waals surface area contributed by atoms with Crippen molar-refractivity contribution in [2.75, 3.05) is 0 Å². The summed E-state index contributed by atoms with van der Waals surface area (Å²) in [4.78, 5) is 11.0. The molecule has 0 spiro atoms. The van der Waals surface area contributed by atoms with Gasteiger partial charge in [0.05, 0.1) is 10.6 Å². The van der Waals surface area contributed by atoms with Crippen LogP contribution in [0.25, 0.3) is 10.9 Å². The molecule has 2 aromatic carbocycles. The van der Waals surface area contributed by atoms with Gasteiger partial charge in [0.25, 0.3) is 0 Å². The highest BCUT2D eigenvalue weighted by Gasteiger charge is 2.09. The average molecular weight is 300 g/mol. The molecule has 1 heterocycles. The summed E-state index contributed by atoms with van der Waals surface area (Å²) in [5, 5.41) is 10.8. The van der Waals surface area contributed by atoms with Crippen LogP contribution in [0.3, 0.4) is 0 Å². The van der Waals surface area contributed by atoms with Gasteiger partial charge in [0, 0.05) is 23.6 Å². The Morgan fingerprint density at radius 2 is 2.00 bits per heavy atom. The van der Waals surface area contributed by atoms with Crippen LogP contribution >= 0.6 is 11.6 Å². The average Bonchev–Trinajstić information content (AvgIpc) is 2.78. The number of carbonyl (C=O) groups is 1. The number of fused-ring (bicyclic) bond motifs is 1. The Bertz CT molecular complexity index is 836. The molecular weight excluding hydrogens is 286 g/mol. The van der Waals surface area contributed by atoms with Gasteiger partial charge in [-0.25, -0.2) is 4.79 Å². The molecule has 0 aliphatic carbocycles. The molecule has 106 valence electrons. The predicted molar refractivity (Wildman–Crippen MR) is 84.2 cm³/mol. The van der Waals surface area contributed by atoms with Crippen molar-refractivity contribution < 1.29 is 9.90 Å². The van der Waals surface area contributed by atoms with Crippen molar-refractivity contribution in [2.45, 2.75) is 13.5 Å². The molecule has 0 unspecified atom stereocenters. The van der Waals surface area contributed by atoms with E-state index in [9.17, 15) is 4.79 Å². The van der Waals surface area contributed by atoms with Gasteiger partial charge in [-0.2, -0.15) is 0 Å². The Morgan fingerprint density at radius 3 is 2.71 bits per heavy atom. The van der Waals surface area contributed by atoms with Crippen LogP contribution in [0, 0.1) is 6.92 Å². The molecule has 0 saturated carbocycles. The van der Waals surface area contributed by atoms with Crippen molar-refractivity contribution in [1.29, 1.82) is 0 Å². The van der Waals surface area contributed by atoms with Gasteiger partial charge in [-0.05, 0) is 36.2 Å². The predicted octanol–water partition coefficient (Wildman–Crippen LogP) is 4.35. The highest BCUT2D eigenvalue weighted by atomic mass is 35.5. The Kier molecular flexibility index (Phi) is 3.43. The van der Waals surface area contributed by atoms with E-state index in [4.69, 9.17) is 16.7 Å². The number of hydrogen-bond acceptors (Lipinski definition) is 1. The normalized spacial score (nSPS) is 11.0. The molecule has 3 aromatic rings. The second-order valence-corrected chi connectivity index (χ2v) is 5.48. The molecule has 4 heteroatoms. The maximum absolute atomic E-state index is 11.0. The molecule has 0 amide bonds. The zero-order valence-electron chi connectivity index (χ0n) is 11.5. The number of nitrogens with zero attached hydrogens (tertiary/aromatic N) is 1. The first-order valence-electron chi connectivity index (χ1n) is 6.62. The number of halogens is 1. The van der Waals surface area contributed by atoms with Crippen molar-refractivity contribution >= 4 is 28.5 Å². The van der Waals surface area contributed by atoms with Gasteiger partial charge in [-0.1, -0.05) is 35.9 Å². The van der Waals surface area contributed by atoms with Crippen molar-refractivity contribution in [1.82, 2.24) is 4.57 Å². The van der Waals surface area contributed by atoms with Gasteiger partial charge in [0.2, 0.25) is 0 Å². The van der Waals surface area contributed by atoms with Crippen LogP contribution in [-0.2, 0) is 6.54 Å². The van der Waals surface area contributed by atoms with Gasteiger partial charge in [-0.15, -0.1) is 0 Å². The Hall–Kier alpha value is -2.26. The maximum Gasteiger partial charge on any atom is 0.335 e. The molecule has 3 nitrogen and oxygen atoms in total. The molecule has 0 fully saturated rings. The SMILES string of the molecule is Cc1cc(C(=O)O)ccc1Cn1cc(Cl)c2ccccc21. The standard InChI is InChI=1S/C17H14ClNO2/c1-11-8-12(17(20)21)6-7-13(11)9-19-10-15(18)14-4-2-3-5-16(14)19/h2-8,10H,9H2,1H3,(H,20,21). The smallest absolute Gasteiger partial charge is 0.335 e. The number of carboxylic acids is 1. The van der Waals surface area contributed by atoms with Crippen molar-refractivity contribution in [3.05, 3.63) is 70.4 Å². The first-order chi connectivity index (χ1) is 10.1. The lowest BCUT2D eigenvalue weighted by Gasteiger charge is -2.09. The number of aryl methyl sites for hydroxylation is 1. The lowest BCUT2D eigenvalue weighted by molar-refractivity contribution is 0.0697. The van der Waals surface area contributed by atoms with E-state index in [0.29, 0.717) is 12.1 Å². The minimum absolute atomic E-state index is 0.312. The number of rotatable bonds is 3. The van der Waals surface area contributed by atoms with Gasteiger partial charge in [0.15, 0.2) is 0 Å². The molecule has 0 saturated heterocycles. The number of aromatic nitrogens is 1. The van der Waals surface area contributed by atoms with E-state index in [1.165, 1.54) is 0 Å². The fourth-order valence-corrected chi connectivity index (χ4v) is 2.80. The molecule has 21 heavy (non-hydrogen) atoms. The van der Waals surface area contributed by atoms with Crippen LogP contribution in [-0.4, -0.2) is 15.6 Å². The summed E-state index contributed by atoms with van der Waals surface area (Å²) < 4.78 is 2.08. The molecular formula is C17H14ClNO2. The Labute approximate surface area is 127 Å². The van der Waals surface area contributed by atoms with E-state index in [-0.39, 0.29) is 0 Å². The lowest BCUT2D eigenvalue weighted by Crippen LogP contribution is -2.03. The van der Waals surface area contributed by atoms with Crippen LogP contribution in [0.5, 0.6) is 0 Å². The number of para-hydroxylation sites is 1. The minimum atomic E-state index is -0.904. The molecule has 0 atom stereocenters. The monoisotopic (exact) mass is 299 g/mol. The maximum atomic E-state index is 11.0. The van der Waals surface area contributed by atoms with Crippen LogP contribution in [0.2, 0.25) is 5.02 Å². The van der Waals surface area contributed by atoms with E-state index < -0.39 is 5.97 Å². The molecule has 0 bridgehead atoms. The third kappa shape index (κ3) is 2.52. The zero-order chi connectivity index (χ0) is 15.0. The highest BCUT2D eigenvalue weighted by Crippen LogP contribution is 2.26. The zero-order valence-corrected chi connectivity index (χ0v) is 12.3. The topological polar surface area (TPSA) is 42.2 Å². The van der Waals surface area contributed by atoms with Crippen molar-refractivity contribution in [2.24, 2.45) is 0 Å². The molecule has 0 aliphatic heterocycles. The van der Waals surface area contributed by atoms with E-state index >= 15 is 0 Å². The summed E-state index contributed by atoms with van der Waals surface area (Å²) in [5.74, 6) is -0.904. The third-order valence-electron chi connectivity index (χ3n) is 3.67. The van der Waals surface area contributed by atoms with Crippen LogP contribution in [0.15, 0.2) is 48.7 Å². The first kappa shape index (κ1) is 13.7. The Morgan fingerprint density at radius 1 is 1.24 bits per heavy atom. The largest absolute Gasteiger partial charge is 0.478 e. The Balaban J connectivity index is 2.01. The van der Waals surface area contributed by atoms with E-state index in [1.807, 2.05) is 43.5 Å². The van der Waals surface area contributed by atoms with Crippen LogP contribution in [0.1, 0.15) is 21.5 Å². The molecule has 1 N–H and O–H groups in total. The third-order valence-corrected chi connectivity index (χ3v) is 3.97. The van der Waals surface area contributed by atoms with Crippen molar-refractivity contribution in [3.8, 4) is 0 Å². The van der Waals surface area contributed by atoms with E-state index in [2.05, 4.69) is 4.57 Å². The minimum Gasteiger partial charge on any atom is -0.478 e. The van der Waals surface area contributed by atoms with Crippen LogP contribution < -0.4 is 0 Å². The van der Waals surface area contributed by atoms with Crippen LogP contribution in [0.4, 0.5) is 0 Å². The first-order valence-corrected chi connectivity index (χ1v) is 7.00. The summed E-state index contributed by atoms with van der Waals surface area (Å²) in [6.45, 7) is 2.59. The second-order valence-electron chi connectivity index (χ2n) is 5.07. The van der Waals surface area contributed by atoms with Gasteiger partial charge >= 0.3 is 5.97 Å². The van der Waals surface area contributed by atoms with E-state index in [1.54, 1.807) is 12.1 Å². The molecule has 0 aliphatic rings. The summed E-state index contributed by atoms with van der Waals surface area (Å²) in [5.41, 5.74) is 3.43.